The maximum atomic E-state index is 13.6. The first kappa shape index (κ1) is 19.9. The standard InChI is InChI=1S/C25H27N3O3/c1-3-4-13-28-22(29)19-18(14-16-10-6-5-7-11-16)27-25(20(19)23(28)30)17-12-8-9-15(2)21(17)26-24(25)31/h5-12,18-20,27H,3-4,13-14H2,1-2H3,(H,26,31). The van der Waals surface area contributed by atoms with Crippen molar-refractivity contribution in [1.29, 1.82) is 0 Å². The summed E-state index contributed by atoms with van der Waals surface area (Å²) in [5, 5.41) is 6.51. The van der Waals surface area contributed by atoms with Crippen LogP contribution in [0.3, 0.4) is 0 Å². The molecule has 0 aliphatic carbocycles. The summed E-state index contributed by atoms with van der Waals surface area (Å²) in [5.74, 6) is -1.89. The molecule has 6 nitrogen and oxygen atoms in total. The monoisotopic (exact) mass is 417 g/mol. The van der Waals surface area contributed by atoms with Gasteiger partial charge in [0.25, 0.3) is 0 Å². The SMILES string of the molecule is CCCCN1C(=O)C2C(Cc3ccccc3)NC3(C(=O)Nc4c(C)cccc43)C2C1=O. The van der Waals surface area contributed by atoms with Crippen LogP contribution >= 0.6 is 0 Å². The molecule has 2 N–H and O–H groups in total. The molecule has 0 bridgehead atoms. The molecule has 2 fully saturated rings. The number of amides is 3. The fourth-order valence-corrected chi connectivity index (χ4v) is 5.62. The third kappa shape index (κ3) is 2.78. The van der Waals surface area contributed by atoms with Crippen molar-refractivity contribution in [3.63, 3.8) is 0 Å². The number of benzene rings is 2. The van der Waals surface area contributed by atoms with Gasteiger partial charge in [-0.3, -0.25) is 24.6 Å². The summed E-state index contributed by atoms with van der Waals surface area (Å²) in [5.41, 5.74) is 2.35. The molecule has 3 aliphatic heterocycles. The number of aryl methyl sites for hydroxylation is 1. The fourth-order valence-electron chi connectivity index (χ4n) is 5.62. The van der Waals surface area contributed by atoms with E-state index in [1.807, 2.05) is 62.4 Å². The lowest BCUT2D eigenvalue weighted by Crippen LogP contribution is -2.53. The zero-order chi connectivity index (χ0) is 21.8. The average molecular weight is 418 g/mol. The Balaban J connectivity index is 1.62. The van der Waals surface area contributed by atoms with E-state index >= 15 is 0 Å². The smallest absolute Gasteiger partial charge is 0.250 e. The largest absolute Gasteiger partial charge is 0.324 e. The molecule has 0 aromatic heterocycles. The maximum Gasteiger partial charge on any atom is 0.250 e. The van der Waals surface area contributed by atoms with Gasteiger partial charge in [0, 0.05) is 23.8 Å². The van der Waals surface area contributed by atoms with Crippen LogP contribution in [0.15, 0.2) is 48.5 Å². The summed E-state index contributed by atoms with van der Waals surface area (Å²) in [6.07, 6.45) is 2.24. The number of imide groups is 1. The van der Waals surface area contributed by atoms with Crippen molar-refractivity contribution in [1.82, 2.24) is 10.2 Å². The molecular weight excluding hydrogens is 390 g/mol. The number of carbonyl (C=O) groups is 3. The Labute approximate surface area is 182 Å². The lowest BCUT2D eigenvalue weighted by atomic mass is 9.76. The van der Waals surface area contributed by atoms with Gasteiger partial charge in [-0.1, -0.05) is 61.9 Å². The lowest BCUT2D eigenvalue weighted by Gasteiger charge is -2.29. The van der Waals surface area contributed by atoms with Crippen LogP contribution in [0.25, 0.3) is 0 Å². The van der Waals surface area contributed by atoms with Gasteiger partial charge in [-0.2, -0.15) is 0 Å². The molecule has 4 unspecified atom stereocenters. The number of nitrogens with zero attached hydrogens (tertiary/aromatic N) is 1. The first-order valence-electron chi connectivity index (χ1n) is 11.1. The van der Waals surface area contributed by atoms with Gasteiger partial charge >= 0.3 is 0 Å². The molecule has 0 saturated carbocycles. The first-order valence-corrected chi connectivity index (χ1v) is 11.1. The van der Waals surface area contributed by atoms with Gasteiger partial charge < -0.3 is 5.32 Å². The summed E-state index contributed by atoms with van der Waals surface area (Å²) in [7, 11) is 0. The summed E-state index contributed by atoms with van der Waals surface area (Å²) >= 11 is 0. The Morgan fingerprint density at radius 2 is 1.77 bits per heavy atom. The number of hydrogen-bond donors (Lipinski definition) is 2. The Bertz CT molecular complexity index is 1070. The van der Waals surface area contributed by atoms with Crippen LogP contribution in [-0.2, 0) is 26.3 Å². The minimum Gasteiger partial charge on any atom is -0.324 e. The van der Waals surface area contributed by atoms with Gasteiger partial charge in [-0.05, 0) is 30.9 Å². The van der Waals surface area contributed by atoms with E-state index in [2.05, 4.69) is 10.6 Å². The fraction of sp³-hybridized carbons (Fsp3) is 0.400. The van der Waals surface area contributed by atoms with E-state index in [4.69, 9.17) is 0 Å². The summed E-state index contributed by atoms with van der Waals surface area (Å²) in [4.78, 5) is 41.9. The molecule has 0 radical (unpaired) electrons. The van der Waals surface area contributed by atoms with Gasteiger partial charge in [-0.15, -0.1) is 0 Å². The van der Waals surface area contributed by atoms with Crippen LogP contribution in [0.2, 0.25) is 0 Å². The molecule has 4 atom stereocenters. The Kier molecular flexibility index (Phi) is 4.70. The van der Waals surface area contributed by atoms with Crippen molar-refractivity contribution in [2.24, 2.45) is 11.8 Å². The van der Waals surface area contributed by atoms with Gasteiger partial charge in [0.05, 0.1) is 11.8 Å². The van der Waals surface area contributed by atoms with Gasteiger partial charge in [0.15, 0.2) is 0 Å². The van der Waals surface area contributed by atoms with Gasteiger partial charge in [0.2, 0.25) is 17.7 Å². The number of carbonyl (C=O) groups excluding carboxylic acids is 3. The van der Waals surface area contributed by atoms with Crippen LogP contribution in [0, 0.1) is 18.8 Å². The highest BCUT2D eigenvalue weighted by Gasteiger charge is 2.70. The second kappa shape index (κ2) is 7.31. The zero-order valence-corrected chi connectivity index (χ0v) is 17.9. The molecule has 160 valence electrons. The molecule has 5 rings (SSSR count). The van der Waals surface area contributed by atoms with Crippen molar-refractivity contribution >= 4 is 23.4 Å². The maximum absolute atomic E-state index is 13.6. The highest BCUT2D eigenvalue weighted by molar-refractivity contribution is 6.15. The minimum absolute atomic E-state index is 0.150. The van der Waals surface area contributed by atoms with E-state index in [9.17, 15) is 14.4 Å². The predicted octanol–water partition coefficient (Wildman–Crippen LogP) is 2.76. The van der Waals surface area contributed by atoms with E-state index in [1.54, 1.807) is 0 Å². The Morgan fingerprint density at radius 1 is 1.00 bits per heavy atom. The van der Waals surface area contributed by atoms with Crippen LogP contribution < -0.4 is 10.6 Å². The number of fused-ring (bicyclic) bond motifs is 4. The molecular formula is C25H27N3O3. The summed E-state index contributed by atoms with van der Waals surface area (Å²) in [6.45, 7) is 4.40. The summed E-state index contributed by atoms with van der Waals surface area (Å²) < 4.78 is 0. The van der Waals surface area contributed by atoms with Crippen LogP contribution in [0.5, 0.6) is 0 Å². The Hall–Kier alpha value is -2.99. The van der Waals surface area contributed by atoms with Crippen LogP contribution in [0.1, 0.15) is 36.5 Å². The first-order chi connectivity index (χ1) is 15.0. The Morgan fingerprint density at radius 3 is 2.52 bits per heavy atom. The van der Waals surface area contributed by atoms with Crippen molar-refractivity contribution in [3.8, 4) is 0 Å². The van der Waals surface area contributed by atoms with Crippen molar-refractivity contribution < 1.29 is 14.4 Å². The van der Waals surface area contributed by atoms with Gasteiger partial charge in [0.1, 0.15) is 5.54 Å². The molecule has 6 heteroatoms. The zero-order valence-electron chi connectivity index (χ0n) is 17.9. The lowest BCUT2D eigenvalue weighted by molar-refractivity contribution is -0.142. The molecule has 2 aromatic rings. The number of unbranched alkanes of at least 4 members (excludes halogenated alkanes) is 1. The van der Waals surface area contributed by atoms with Crippen LogP contribution in [-0.4, -0.2) is 35.2 Å². The third-order valence-electron chi connectivity index (χ3n) is 7.08. The van der Waals surface area contributed by atoms with Crippen molar-refractivity contribution in [2.75, 3.05) is 11.9 Å². The number of rotatable bonds is 5. The van der Waals surface area contributed by atoms with Gasteiger partial charge in [-0.25, -0.2) is 0 Å². The van der Waals surface area contributed by atoms with E-state index in [-0.39, 0.29) is 23.8 Å². The number of para-hydroxylation sites is 1. The molecule has 31 heavy (non-hydrogen) atoms. The number of nitrogens with one attached hydrogen (secondary N) is 2. The van der Waals surface area contributed by atoms with Crippen molar-refractivity contribution in [3.05, 3.63) is 65.2 Å². The molecule has 2 aromatic carbocycles. The quantitative estimate of drug-likeness (QED) is 0.734. The van der Waals surface area contributed by atoms with E-state index in [0.29, 0.717) is 13.0 Å². The molecule has 3 aliphatic rings. The number of anilines is 1. The molecule has 2 saturated heterocycles. The number of likely N-dealkylation sites (tertiary alicyclic amines) is 1. The predicted molar refractivity (Wildman–Crippen MR) is 117 cm³/mol. The summed E-state index contributed by atoms with van der Waals surface area (Å²) in [6, 6.07) is 15.4. The van der Waals surface area contributed by atoms with E-state index in [1.165, 1.54) is 4.90 Å². The highest BCUT2D eigenvalue weighted by atomic mass is 16.2. The molecule has 1 spiro atoms. The van der Waals surface area contributed by atoms with E-state index in [0.717, 1.165) is 35.2 Å². The van der Waals surface area contributed by atoms with Crippen LogP contribution in [0.4, 0.5) is 5.69 Å². The average Bonchev–Trinajstić information content (AvgIpc) is 3.34. The normalized spacial score (nSPS) is 28.9. The van der Waals surface area contributed by atoms with Crippen molar-refractivity contribution in [2.45, 2.75) is 44.7 Å². The topological polar surface area (TPSA) is 78.5 Å². The second-order valence-electron chi connectivity index (χ2n) is 8.89. The second-order valence-corrected chi connectivity index (χ2v) is 8.89. The number of hydrogen-bond acceptors (Lipinski definition) is 4. The molecule has 3 amide bonds. The third-order valence-corrected chi connectivity index (χ3v) is 7.08. The van der Waals surface area contributed by atoms with E-state index < -0.39 is 17.4 Å². The minimum atomic E-state index is -1.21. The molecule has 3 heterocycles. The highest BCUT2D eigenvalue weighted by Crippen LogP contribution is 2.53.